The quantitative estimate of drug-likeness (QED) is 0.340. The van der Waals surface area contributed by atoms with E-state index in [1.165, 1.54) is 4.90 Å². The molecular weight excluding hydrogens is 516 g/mol. The summed E-state index contributed by atoms with van der Waals surface area (Å²) in [4.78, 5) is 41.0. The van der Waals surface area contributed by atoms with Crippen molar-refractivity contribution in [3.8, 4) is 11.4 Å². The number of hydrogen-bond donors (Lipinski definition) is 3. The first-order chi connectivity index (χ1) is 19.5. The molecule has 0 atom stereocenters. The molecule has 2 fully saturated rings. The predicted molar refractivity (Wildman–Crippen MR) is 146 cm³/mol. The molecule has 0 aliphatic carbocycles. The van der Waals surface area contributed by atoms with E-state index < -0.39 is 6.09 Å². The Hall–Kier alpha value is -4.85. The first-order valence-corrected chi connectivity index (χ1v) is 13.1. The Morgan fingerprint density at radius 2 is 1.70 bits per heavy atom. The Labute approximate surface area is 229 Å². The largest absolute Gasteiger partial charge is 0.465 e. The molecule has 0 saturated carbocycles. The van der Waals surface area contributed by atoms with Gasteiger partial charge in [-0.3, -0.25) is 4.98 Å². The predicted octanol–water partition coefficient (Wildman–Crippen LogP) is 3.08. The van der Waals surface area contributed by atoms with Gasteiger partial charge in [-0.1, -0.05) is 5.21 Å². The molecular formula is C26H28N10O4. The summed E-state index contributed by atoms with van der Waals surface area (Å²) in [7, 11) is 0. The normalized spacial score (nSPS) is 16.2. The van der Waals surface area contributed by atoms with Crippen LogP contribution in [-0.4, -0.2) is 91.5 Å². The van der Waals surface area contributed by atoms with E-state index >= 15 is 0 Å². The van der Waals surface area contributed by atoms with E-state index in [-0.39, 0.29) is 12.1 Å². The van der Waals surface area contributed by atoms with Crippen molar-refractivity contribution in [2.75, 3.05) is 54.9 Å². The number of morpholine rings is 1. The van der Waals surface area contributed by atoms with E-state index in [2.05, 4.69) is 30.8 Å². The smallest absolute Gasteiger partial charge is 0.407 e. The van der Waals surface area contributed by atoms with Gasteiger partial charge in [0.15, 0.2) is 22.8 Å². The Morgan fingerprint density at radius 3 is 2.40 bits per heavy atom. The number of aromatic nitrogens is 6. The Balaban J connectivity index is 1.28. The lowest BCUT2D eigenvalue weighted by Gasteiger charge is -2.30. The molecule has 0 spiro atoms. The summed E-state index contributed by atoms with van der Waals surface area (Å²) in [5.41, 5.74) is 3.18. The summed E-state index contributed by atoms with van der Waals surface area (Å²) in [6.07, 6.45) is 3.54. The van der Waals surface area contributed by atoms with Crippen molar-refractivity contribution in [3.05, 3.63) is 48.8 Å². The number of carbonyl (C=O) groups is 2. The number of anilines is 3. The molecule has 0 unspecified atom stereocenters. The molecule has 3 amide bonds. The van der Waals surface area contributed by atoms with Crippen LogP contribution in [0.1, 0.15) is 18.9 Å². The number of likely N-dealkylation sites (tertiary alicyclic amines) is 1. The van der Waals surface area contributed by atoms with E-state index in [0.717, 1.165) is 5.56 Å². The zero-order valence-corrected chi connectivity index (χ0v) is 21.6. The van der Waals surface area contributed by atoms with Crippen LogP contribution in [0.3, 0.4) is 0 Å². The molecule has 2 saturated heterocycles. The molecule has 4 aromatic rings. The third-order valence-corrected chi connectivity index (χ3v) is 7.02. The van der Waals surface area contributed by atoms with Gasteiger partial charge in [0.05, 0.1) is 31.1 Å². The molecule has 1 aromatic carbocycles. The SMILES string of the molecule is O=C(Nc1ccc(-c2nc(N3CCOCC3)c3nnn(C4CCN(C(=O)O)CC4)c3n2)cc1)Nc1cccnc1. The first-order valence-electron chi connectivity index (χ1n) is 13.1. The Bertz CT molecular complexity index is 1500. The van der Waals surface area contributed by atoms with Crippen LogP contribution in [-0.2, 0) is 4.74 Å². The number of nitrogens with zero attached hydrogens (tertiary/aromatic N) is 8. The van der Waals surface area contributed by atoms with Gasteiger partial charge in [-0.25, -0.2) is 24.2 Å². The third kappa shape index (κ3) is 5.33. The van der Waals surface area contributed by atoms with Crippen molar-refractivity contribution >= 4 is 40.5 Å². The van der Waals surface area contributed by atoms with Crippen LogP contribution in [0.5, 0.6) is 0 Å². The highest BCUT2D eigenvalue weighted by molar-refractivity contribution is 5.99. The highest BCUT2D eigenvalue weighted by Crippen LogP contribution is 2.31. The fourth-order valence-electron chi connectivity index (χ4n) is 4.92. The zero-order valence-electron chi connectivity index (χ0n) is 21.6. The van der Waals surface area contributed by atoms with Crippen LogP contribution in [0.4, 0.5) is 26.8 Å². The number of benzene rings is 1. The number of amides is 3. The van der Waals surface area contributed by atoms with Crippen molar-refractivity contribution in [1.82, 2.24) is 34.8 Å². The van der Waals surface area contributed by atoms with Crippen LogP contribution in [0.2, 0.25) is 0 Å². The van der Waals surface area contributed by atoms with Crippen LogP contribution >= 0.6 is 0 Å². The van der Waals surface area contributed by atoms with Gasteiger partial charge in [0.1, 0.15) is 0 Å². The second kappa shape index (κ2) is 11.1. The van der Waals surface area contributed by atoms with Crippen molar-refractivity contribution in [1.29, 1.82) is 0 Å². The van der Waals surface area contributed by atoms with E-state index in [0.29, 0.717) is 86.4 Å². The monoisotopic (exact) mass is 544 g/mol. The van der Waals surface area contributed by atoms with Crippen molar-refractivity contribution in [3.63, 3.8) is 0 Å². The van der Waals surface area contributed by atoms with E-state index in [4.69, 9.17) is 14.7 Å². The fraction of sp³-hybridized carbons (Fsp3) is 0.346. The highest BCUT2D eigenvalue weighted by atomic mass is 16.5. The van der Waals surface area contributed by atoms with Gasteiger partial charge >= 0.3 is 12.1 Å². The maximum absolute atomic E-state index is 12.4. The number of nitrogens with one attached hydrogen (secondary N) is 2. The van der Waals surface area contributed by atoms with Gasteiger partial charge in [0.25, 0.3) is 0 Å². The number of carboxylic acid groups (broad SMARTS) is 1. The lowest BCUT2D eigenvalue weighted by Crippen LogP contribution is -2.38. The van der Waals surface area contributed by atoms with Gasteiger partial charge in [0, 0.05) is 43.6 Å². The summed E-state index contributed by atoms with van der Waals surface area (Å²) in [6, 6.07) is 10.4. The van der Waals surface area contributed by atoms with E-state index in [9.17, 15) is 14.7 Å². The number of ether oxygens (including phenoxy) is 1. The van der Waals surface area contributed by atoms with Crippen molar-refractivity contribution in [2.24, 2.45) is 0 Å². The summed E-state index contributed by atoms with van der Waals surface area (Å²) < 4.78 is 7.35. The topological polar surface area (TPSA) is 164 Å². The molecule has 2 aliphatic heterocycles. The van der Waals surface area contributed by atoms with Gasteiger partial charge in [-0.2, -0.15) is 0 Å². The maximum Gasteiger partial charge on any atom is 0.407 e. The van der Waals surface area contributed by atoms with Crippen LogP contribution < -0.4 is 15.5 Å². The summed E-state index contributed by atoms with van der Waals surface area (Å²) in [6.45, 7) is 3.37. The van der Waals surface area contributed by atoms with Crippen LogP contribution in [0, 0.1) is 0 Å². The Kier molecular flexibility index (Phi) is 7.06. The fourth-order valence-corrected chi connectivity index (χ4v) is 4.92. The zero-order chi connectivity index (χ0) is 27.5. The average molecular weight is 545 g/mol. The molecule has 0 radical (unpaired) electrons. The highest BCUT2D eigenvalue weighted by Gasteiger charge is 2.28. The van der Waals surface area contributed by atoms with Crippen molar-refractivity contribution in [2.45, 2.75) is 18.9 Å². The molecule has 3 aromatic heterocycles. The van der Waals surface area contributed by atoms with E-state index in [1.807, 2.05) is 16.8 Å². The minimum Gasteiger partial charge on any atom is -0.465 e. The third-order valence-electron chi connectivity index (χ3n) is 7.02. The van der Waals surface area contributed by atoms with Crippen LogP contribution in [0.15, 0.2) is 48.8 Å². The van der Waals surface area contributed by atoms with Gasteiger partial charge in [-0.05, 0) is 49.2 Å². The van der Waals surface area contributed by atoms with E-state index in [1.54, 1.807) is 36.7 Å². The molecule has 6 rings (SSSR count). The summed E-state index contributed by atoms with van der Waals surface area (Å²) in [5, 5.41) is 23.8. The van der Waals surface area contributed by atoms with Gasteiger partial charge in [-0.15, -0.1) is 5.10 Å². The molecule has 3 N–H and O–H groups in total. The van der Waals surface area contributed by atoms with Crippen LogP contribution in [0.25, 0.3) is 22.6 Å². The Morgan fingerprint density at radius 1 is 0.950 bits per heavy atom. The number of carbonyl (C=O) groups excluding carboxylic acids is 1. The second-order valence-corrected chi connectivity index (χ2v) is 9.58. The lowest BCUT2D eigenvalue weighted by molar-refractivity contribution is 0.122. The summed E-state index contributed by atoms with van der Waals surface area (Å²) in [5.74, 6) is 1.20. The molecule has 0 bridgehead atoms. The average Bonchev–Trinajstić information content (AvgIpc) is 3.42. The molecule has 206 valence electrons. The number of piperidine rings is 1. The molecule has 40 heavy (non-hydrogen) atoms. The van der Waals surface area contributed by atoms with Crippen molar-refractivity contribution < 1.29 is 19.4 Å². The number of fused-ring (bicyclic) bond motifs is 1. The maximum atomic E-state index is 12.4. The van der Waals surface area contributed by atoms with Gasteiger partial charge in [0.2, 0.25) is 0 Å². The number of hydrogen-bond acceptors (Lipinski definition) is 9. The molecule has 14 nitrogen and oxygen atoms in total. The number of urea groups is 1. The molecule has 14 heteroatoms. The first kappa shape index (κ1) is 25.4. The molecule has 5 heterocycles. The molecule has 2 aliphatic rings. The number of pyridine rings is 1. The minimum absolute atomic E-state index is 0.0224. The number of rotatable bonds is 5. The standard InChI is InChI=1S/C26H28N10O4/c37-25(29-19-2-1-9-27-16-19)28-18-5-3-17(4-6-18)22-30-23(34-12-14-40-15-13-34)21-24(31-22)36(33-32-21)20-7-10-35(11-8-20)26(38)39/h1-6,9,16,20H,7-8,10-15H2,(H,38,39)(H2,28,29,37). The lowest BCUT2D eigenvalue weighted by atomic mass is 10.1. The summed E-state index contributed by atoms with van der Waals surface area (Å²) >= 11 is 0. The minimum atomic E-state index is -0.909. The second-order valence-electron chi connectivity index (χ2n) is 9.58. The van der Waals surface area contributed by atoms with Gasteiger partial charge < -0.3 is 30.3 Å².